The summed E-state index contributed by atoms with van der Waals surface area (Å²) >= 11 is 2.12. The summed E-state index contributed by atoms with van der Waals surface area (Å²) in [5.74, 6) is 2.53. The molecule has 4 heteroatoms. The predicted octanol–water partition coefficient (Wildman–Crippen LogP) is 6.58. The standard InChI is InChI=1S/C29H48O3S/c1-6-29(32,7-2)16-9-17-33-21(4)25-13-14-26-22(10-8-15-28(25,26)5)11-12-23-18-24(30)19-27(31)20(23)3/h11-12,21,24-27,30-32H,3,6-10,13-19H2,1-2,4-5H3/b22-11+,23-12-/t21?,24-,25-,26+,27+,28-/m1/s1. The molecule has 6 atom stereocenters. The first-order valence-corrected chi connectivity index (χ1v) is 14.5. The summed E-state index contributed by atoms with van der Waals surface area (Å²) < 4.78 is 0. The first-order chi connectivity index (χ1) is 15.6. The number of aliphatic hydroxyl groups excluding tert-OH is 2. The van der Waals surface area contributed by atoms with E-state index in [1.807, 2.05) is 0 Å². The largest absolute Gasteiger partial charge is 0.393 e. The van der Waals surface area contributed by atoms with Crippen LogP contribution in [0.25, 0.3) is 0 Å². The SMILES string of the molecule is C=C1/C(=C\C=C2/CCC[C@]3(C)[C@@H](C(C)SCCCC(O)(CC)CC)CC[C@@H]23)C[C@@H](O)C[C@@H]1O. The molecule has 0 saturated heterocycles. The van der Waals surface area contributed by atoms with E-state index in [4.69, 9.17) is 0 Å². The van der Waals surface area contributed by atoms with Gasteiger partial charge in [-0.05, 0) is 98.4 Å². The minimum Gasteiger partial charge on any atom is -0.393 e. The van der Waals surface area contributed by atoms with Crippen molar-refractivity contribution in [3.8, 4) is 0 Å². The van der Waals surface area contributed by atoms with Gasteiger partial charge >= 0.3 is 0 Å². The Bertz CT molecular complexity index is 737. The van der Waals surface area contributed by atoms with Crippen LogP contribution in [0.1, 0.15) is 98.3 Å². The highest BCUT2D eigenvalue weighted by Crippen LogP contribution is 2.59. The number of allylic oxidation sites excluding steroid dienone is 3. The van der Waals surface area contributed by atoms with Crippen molar-refractivity contribution in [2.75, 3.05) is 5.75 Å². The second-order valence-electron chi connectivity index (χ2n) is 11.3. The first-order valence-electron chi connectivity index (χ1n) is 13.4. The fraction of sp³-hybridized carbons (Fsp3) is 0.793. The molecule has 0 aromatic heterocycles. The summed E-state index contributed by atoms with van der Waals surface area (Å²) in [6, 6.07) is 0. The maximum Gasteiger partial charge on any atom is 0.0811 e. The number of fused-ring (bicyclic) bond motifs is 1. The molecule has 33 heavy (non-hydrogen) atoms. The van der Waals surface area contributed by atoms with Crippen LogP contribution in [-0.4, -0.2) is 44.1 Å². The van der Waals surface area contributed by atoms with E-state index < -0.39 is 17.8 Å². The highest BCUT2D eigenvalue weighted by atomic mass is 32.2. The summed E-state index contributed by atoms with van der Waals surface area (Å²) in [5.41, 5.74) is 3.25. The molecule has 3 N–H and O–H groups in total. The zero-order valence-electron chi connectivity index (χ0n) is 21.5. The van der Waals surface area contributed by atoms with Gasteiger partial charge in [-0.15, -0.1) is 0 Å². The Morgan fingerprint density at radius 3 is 2.64 bits per heavy atom. The average Bonchev–Trinajstić information content (AvgIpc) is 3.15. The monoisotopic (exact) mass is 476 g/mol. The molecule has 0 radical (unpaired) electrons. The van der Waals surface area contributed by atoms with Crippen LogP contribution < -0.4 is 0 Å². The van der Waals surface area contributed by atoms with Crippen molar-refractivity contribution in [3.63, 3.8) is 0 Å². The van der Waals surface area contributed by atoms with Gasteiger partial charge in [-0.1, -0.05) is 52.0 Å². The summed E-state index contributed by atoms with van der Waals surface area (Å²) in [6.45, 7) is 13.2. The van der Waals surface area contributed by atoms with Gasteiger partial charge in [0.25, 0.3) is 0 Å². The Hall–Kier alpha value is -0.550. The third-order valence-electron chi connectivity index (χ3n) is 9.35. The molecular formula is C29H48O3S. The van der Waals surface area contributed by atoms with Gasteiger partial charge in [0.05, 0.1) is 17.8 Å². The maximum absolute atomic E-state index is 10.6. The van der Waals surface area contributed by atoms with E-state index in [9.17, 15) is 15.3 Å². The smallest absolute Gasteiger partial charge is 0.0811 e. The molecule has 0 bridgehead atoms. The zero-order chi connectivity index (χ0) is 24.2. The van der Waals surface area contributed by atoms with Gasteiger partial charge in [-0.3, -0.25) is 0 Å². The van der Waals surface area contributed by atoms with Crippen molar-refractivity contribution in [1.29, 1.82) is 0 Å². The molecule has 0 spiro atoms. The lowest BCUT2D eigenvalue weighted by Gasteiger charge is -2.44. The molecule has 3 saturated carbocycles. The summed E-state index contributed by atoms with van der Waals surface area (Å²) in [7, 11) is 0. The topological polar surface area (TPSA) is 60.7 Å². The molecule has 3 rings (SSSR count). The summed E-state index contributed by atoms with van der Waals surface area (Å²) in [5, 5.41) is 31.5. The molecule has 0 aromatic carbocycles. The van der Waals surface area contributed by atoms with E-state index in [-0.39, 0.29) is 0 Å². The lowest BCUT2D eigenvalue weighted by Crippen LogP contribution is -2.37. The molecule has 0 aliphatic heterocycles. The lowest BCUT2D eigenvalue weighted by atomic mass is 9.63. The van der Waals surface area contributed by atoms with Crippen LogP contribution in [0.4, 0.5) is 0 Å². The van der Waals surface area contributed by atoms with Crippen LogP contribution in [-0.2, 0) is 0 Å². The fourth-order valence-corrected chi connectivity index (χ4v) is 8.27. The highest BCUT2D eigenvalue weighted by Gasteiger charge is 2.50. The van der Waals surface area contributed by atoms with Crippen LogP contribution in [0, 0.1) is 17.3 Å². The Labute approximate surface area is 206 Å². The van der Waals surface area contributed by atoms with E-state index in [0.717, 1.165) is 48.5 Å². The fourth-order valence-electron chi connectivity index (χ4n) is 6.91. The van der Waals surface area contributed by atoms with Gasteiger partial charge < -0.3 is 15.3 Å². The minimum atomic E-state index is -0.616. The predicted molar refractivity (Wildman–Crippen MR) is 141 cm³/mol. The third kappa shape index (κ3) is 6.18. The number of hydrogen-bond donors (Lipinski definition) is 3. The molecule has 3 aliphatic carbocycles. The number of hydrogen-bond acceptors (Lipinski definition) is 4. The molecule has 188 valence electrons. The number of rotatable bonds is 9. The molecule has 3 fully saturated rings. The van der Waals surface area contributed by atoms with Crippen molar-refractivity contribution in [2.45, 2.75) is 121 Å². The number of thioether (sulfide) groups is 1. The number of aliphatic hydroxyl groups is 3. The molecular weight excluding hydrogens is 428 g/mol. The molecule has 3 nitrogen and oxygen atoms in total. The zero-order valence-corrected chi connectivity index (χ0v) is 22.3. The summed E-state index contributed by atoms with van der Waals surface area (Å²) in [4.78, 5) is 0. The normalized spacial score (nSPS) is 36.4. The van der Waals surface area contributed by atoms with Crippen LogP contribution >= 0.6 is 11.8 Å². The quantitative estimate of drug-likeness (QED) is 0.329. The molecule has 0 aromatic rings. The second kappa shape index (κ2) is 11.5. The van der Waals surface area contributed by atoms with E-state index in [2.05, 4.69) is 58.2 Å². The lowest BCUT2D eigenvalue weighted by molar-refractivity contribution is 0.0232. The van der Waals surface area contributed by atoms with Gasteiger partial charge in [0.1, 0.15) is 0 Å². The van der Waals surface area contributed by atoms with Crippen molar-refractivity contribution in [3.05, 3.63) is 35.5 Å². The second-order valence-corrected chi connectivity index (χ2v) is 12.8. The Balaban J connectivity index is 1.62. The Morgan fingerprint density at radius 2 is 1.94 bits per heavy atom. The Kier molecular flexibility index (Phi) is 9.39. The van der Waals surface area contributed by atoms with Crippen LogP contribution in [0.3, 0.4) is 0 Å². The third-order valence-corrected chi connectivity index (χ3v) is 10.7. The van der Waals surface area contributed by atoms with Crippen LogP contribution in [0.5, 0.6) is 0 Å². The van der Waals surface area contributed by atoms with Crippen molar-refractivity contribution < 1.29 is 15.3 Å². The van der Waals surface area contributed by atoms with Crippen LogP contribution in [0.2, 0.25) is 0 Å². The maximum atomic E-state index is 10.6. The van der Waals surface area contributed by atoms with E-state index >= 15 is 0 Å². The molecule has 1 unspecified atom stereocenters. The van der Waals surface area contributed by atoms with Gasteiger partial charge in [0, 0.05) is 11.7 Å². The Morgan fingerprint density at radius 1 is 1.21 bits per heavy atom. The van der Waals surface area contributed by atoms with Gasteiger partial charge in [0.15, 0.2) is 0 Å². The molecule has 3 aliphatic rings. The van der Waals surface area contributed by atoms with Crippen molar-refractivity contribution >= 4 is 11.8 Å². The molecule has 0 heterocycles. The average molecular weight is 477 g/mol. The van der Waals surface area contributed by atoms with Crippen molar-refractivity contribution in [1.82, 2.24) is 0 Å². The summed E-state index contributed by atoms with van der Waals surface area (Å²) in [6.07, 6.45) is 14.4. The van der Waals surface area contributed by atoms with Crippen LogP contribution in [0.15, 0.2) is 35.5 Å². The molecule has 0 amide bonds. The van der Waals surface area contributed by atoms with E-state index in [1.54, 1.807) is 5.57 Å². The van der Waals surface area contributed by atoms with E-state index in [0.29, 0.717) is 29.4 Å². The van der Waals surface area contributed by atoms with Gasteiger partial charge in [-0.2, -0.15) is 11.8 Å². The first kappa shape index (κ1) is 27.0. The highest BCUT2D eigenvalue weighted by molar-refractivity contribution is 7.99. The van der Waals surface area contributed by atoms with E-state index in [1.165, 1.54) is 32.1 Å². The van der Waals surface area contributed by atoms with Gasteiger partial charge in [0.2, 0.25) is 0 Å². The minimum absolute atomic E-state index is 0.366. The van der Waals surface area contributed by atoms with Crippen molar-refractivity contribution in [2.24, 2.45) is 17.3 Å². The van der Waals surface area contributed by atoms with Gasteiger partial charge in [-0.25, -0.2) is 0 Å².